The first-order valence-corrected chi connectivity index (χ1v) is 6.70. The molecule has 2 heteroatoms. The summed E-state index contributed by atoms with van der Waals surface area (Å²) in [6.45, 7) is 2.81. The standard InChI is InChI=1S/C17H19NO/c1-2-7-17(19)16-11-13-18(14-16)12-6-10-15-8-4-3-5-9-15/h3-6,8-11,13-14H,2,7,12H2,1H3. The molecule has 2 aromatic rings. The maximum absolute atomic E-state index is 11.7. The van der Waals surface area contributed by atoms with E-state index in [1.54, 1.807) is 0 Å². The fraction of sp³-hybridized carbons (Fsp3) is 0.235. The van der Waals surface area contributed by atoms with E-state index in [4.69, 9.17) is 0 Å². The zero-order valence-electron chi connectivity index (χ0n) is 11.3. The Balaban J connectivity index is 1.94. The average Bonchev–Trinajstić information content (AvgIpc) is 2.89. The molecular weight excluding hydrogens is 234 g/mol. The van der Waals surface area contributed by atoms with E-state index in [1.807, 2.05) is 48.1 Å². The first-order chi connectivity index (χ1) is 9.29. The summed E-state index contributed by atoms with van der Waals surface area (Å²) in [5.41, 5.74) is 2.01. The van der Waals surface area contributed by atoms with Crippen LogP contribution in [-0.2, 0) is 6.54 Å². The lowest BCUT2D eigenvalue weighted by atomic mass is 10.1. The van der Waals surface area contributed by atoms with Gasteiger partial charge in [0, 0.05) is 30.9 Å². The highest BCUT2D eigenvalue weighted by Gasteiger charge is 2.05. The maximum Gasteiger partial charge on any atom is 0.164 e. The minimum Gasteiger partial charge on any atom is -0.350 e. The van der Waals surface area contributed by atoms with Crippen molar-refractivity contribution in [3.63, 3.8) is 0 Å². The molecule has 0 radical (unpaired) electrons. The summed E-state index contributed by atoms with van der Waals surface area (Å²) >= 11 is 0. The SMILES string of the molecule is CCCC(=O)c1ccn(CC=Cc2ccccc2)c1. The van der Waals surface area contributed by atoms with Crippen LogP contribution in [0.25, 0.3) is 6.08 Å². The second-order valence-electron chi connectivity index (χ2n) is 4.58. The van der Waals surface area contributed by atoms with Crippen LogP contribution in [0.3, 0.4) is 0 Å². The van der Waals surface area contributed by atoms with Gasteiger partial charge in [0.25, 0.3) is 0 Å². The van der Waals surface area contributed by atoms with Crippen LogP contribution >= 0.6 is 0 Å². The number of Topliss-reactive ketones (excluding diaryl/α,β-unsaturated/α-hetero) is 1. The fourth-order valence-electron chi connectivity index (χ4n) is 1.97. The normalized spacial score (nSPS) is 11.0. The molecule has 0 bridgehead atoms. The van der Waals surface area contributed by atoms with Crippen molar-refractivity contribution in [3.8, 4) is 0 Å². The van der Waals surface area contributed by atoms with Crippen LogP contribution < -0.4 is 0 Å². The minimum absolute atomic E-state index is 0.230. The van der Waals surface area contributed by atoms with Gasteiger partial charge in [0.2, 0.25) is 0 Å². The lowest BCUT2D eigenvalue weighted by Crippen LogP contribution is -1.96. The molecule has 1 heterocycles. The quantitative estimate of drug-likeness (QED) is 0.708. The molecule has 0 aliphatic heterocycles. The molecular formula is C17H19NO. The number of benzene rings is 1. The van der Waals surface area contributed by atoms with Gasteiger partial charge in [0.15, 0.2) is 5.78 Å². The van der Waals surface area contributed by atoms with Gasteiger partial charge in [-0.2, -0.15) is 0 Å². The van der Waals surface area contributed by atoms with Gasteiger partial charge in [-0.1, -0.05) is 49.4 Å². The third kappa shape index (κ3) is 3.95. The summed E-state index contributed by atoms with van der Waals surface area (Å²) < 4.78 is 2.03. The molecule has 98 valence electrons. The Morgan fingerprint density at radius 2 is 2.00 bits per heavy atom. The number of allylic oxidation sites excluding steroid dienone is 1. The number of rotatable bonds is 6. The zero-order valence-corrected chi connectivity index (χ0v) is 11.3. The van der Waals surface area contributed by atoms with Crippen molar-refractivity contribution in [1.82, 2.24) is 4.57 Å². The topological polar surface area (TPSA) is 22.0 Å². The smallest absolute Gasteiger partial charge is 0.164 e. The fourth-order valence-corrected chi connectivity index (χ4v) is 1.97. The highest BCUT2D eigenvalue weighted by Crippen LogP contribution is 2.07. The van der Waals surface area contributed by atoms with Gasteiger partial charge in [-0.25, -0.2) is 0 Å². The van der Waals surface area contributed by atoms with Crippen molar-refractivity contribution in [1.29, 1.82) is 0 Å². The summed E-state index contributed by atoms with van der Waals surface area (Å²) in [6.07, 6.45) is 9.60. The van der Waals surface area contributed by atoms with Crippen LogP contribution in [0, 0.1) is 0 Å². The van der Waals surface area contributed by atoms with E-state index in [0.29, 0.717) is 6.42 Å². The Kier molecular flexibility index (Phi) is 4.73. The van der Waals surface area contributed by atoms with E-state index in [1.165, 1.54) is 5.56 Å². The van der Waals surface area contributed by atoms with Crippen LogP contribution in [-0.4, -0.2) is 10.4 Å². The van der Waals surface area contributed by atoms with Crippen molar-refractivity contribution in [2.45, 2.75) is 26.3 Å². The third-order valence-electron chi connectivity index (χ3n) is 2.98. The first kappa shape index (κ1) is 13.3. The van der Waals surface area contributed by atoms with Gasteiger partial charge in [-0.15, -0.1) is 0 Å². The Morgan fingerprint density at radius 3 is 2.74 bits per heavy atom. The lowest BCUT2D eigenvalue weighted by molar-refractivity contribution is 0.0981. The van der Waals surface area contributed by atoms with E-state index >= 15 is 0 Å². The molecule has 0 amide bonds. The van der Waals surface area contributed by atoms with E-state index in [2.05, 4.69) is 24.3 Å². The largest absolute Gasteiger partial charge is 0.350 e. The molecule has 1 aromatic heterocycles. The summed E-state index contributed by atoms with van der Waals surface area (Å²) in [5.74, 6) is 0.230. The van der Waals surface area contributed by atoms with E-state index < -0.39 is 0 Å². The highest BCUT2D eigenvalue weighted by atomic mass is 16.1. The van der Waals surface area contributed by atoms with E-state index in [0.717, 1.165) is 18.5 Å². The monoisotopic (exact) mass is 253 g/mol. The van der Waals surface area contributed by atoms with Crippen LogP contribution in [0.2, 0.25) is 0 Å². The Hall–Kier alpha value is -2.09. The van der Waals surface area contributed by atoms with Gasteiger partial charge >= 0.3 is 0 Å². The van der Waals surface area contributed by atoms with Crippen molar-refractivity contribution < 1.29 is 4.79 Å². The number of hydrogen-bond donors (Lipinski definition) is 0. The summed E-state index contributed by atoms with van der Waals surface area (Å²) in [5, 5.41) is 0. The van der Waals surface area contributed by atoms with E-state index in [9.17, 15) is 4.79 Å². The van der Waals surface area contributed by atoms with Crippen molar-refractivity contribution in [2.75, 3.05) is 0 Å². The second kappa shape index (κ2) is 6.74. The average molecular weight is 253 g/mol. The maximum atomic E-state index is 11.7. The Bertz CT molecular complexity index is 552. The van der Waals surface area contributed by atoms with Gasteiger partial charge in [-0.3, -0.25) is 4.79 Å². The number of hydrogen-bond acceptors (Lipinski definition) is 1. The number of carbonyl (C=O) groups excluding carboxylic acids is 1. The number of ketones is 1. The highest BCUT2D eigenvalue weighted by molar-refractivity contribution is 5.95. The second-order valence-corrected chi connectivity index (χ2v) is 4.58. The number of nitrogens with zero attached hydrogens (tertiary/aromatic N) is 1. The van der Waals surface area contributed by atoms with E-state index in [-0.39, 0.29) is 5.78 Å². The zero-order chi connectivity index (χ0) is 13.5. The predicted molar refractivity (Wildman–Crippen MR) is 79.1 cm³/mol. The molecule has 2 rings (SSSR count). The van der Waals surface area contributed by atoms with Gasteiger partial charge in [0.05, 0.1) is 0 Å². The van der Waals surface area contributed by atoms with Gasteiger partial charge in [0.1, 0.15) is 0 Å². The van der Waals surface area contributed by atoms with Gasteiger partial charge in [-0.05, 0) is 18.1 Å². The minimum atomic E-state index is 0.230. The Morgan fingerprint density at radius 1 is 1.21 bits per heavy atom. The molecule has 1 aromatic carbocycles. The van der Waals surface area contributed by atoms with Crippen molar-refractivity contribution in [3.05, 3.63) is 66.0 Å². The number of carbonyl (C=O) groups is 1. The number of aromatic nitrogens is 1. The molecule has 2 nitrogen and oxygen atoms in total. The summed E-state index contributed by atoms with van der Waals surface area (Å²) in [7, 11) is 0. The van der Waals surface area contributed by atoms with Gasteiger partial charge < -0.3 is 4.57 Å². The van der Waals surface area contributed by atoms with Crippen LogP contribution in [0.15, 0.2) is 54.9 Å². The molecule has 0 unspecified atom stereocenters. The molecule has 19 heavy (non-hydrogen) atoms. The van der Waals surface area contributed by atoms with Crippen LogP contribution in [0.1, 0.15) is 35.7 Å². The molecule has 0 aliphatic carbocycles. The van der Waals surface area contributed by atoms with Crippen LogP contribution in [0.4, 0.5) is 0 Å². The first-order valence-electron chi connectivity index (χ1n) is 6.70. The third-order valence-corrected chi connectivity index (χ3v) is 2.98. The van der Waals surface area contributed by atoms with Crippen molar-refractivity contribution in [2.24, 2.45) is 0 Å². The molecule has 0 fully saturated rings. The molecule has 0 saturated carbocycles. The van der Waals surface area contributed by atoms with Crippen molar-refractivity contribution >= 4 is 11.9 Å². The summed E-state index contributed by atoms with van der Waals surface area (Å²) in [4.78, 5) is 11.7. The molecule has 0 atom stereocenters. The lowest BCUT2D eigenvalue weighted by Gasteiger charge is -1.97. The molecule has 0 N–H and O–H groups in total. The van der Waals surface area contributed by atoms with Crippen LogP contribution in [0.5, 0.6) is 0 Å². The summed E-state index contributed by atoms with van der Waals surface area (Å²) in [6, 6.07) is 12.1. The molecule has 0 saturated heterocycles. The Labute approximate surface area is 114 Å². The predicted octanol–water partition coefficient (Wildman–Crippen LogP) is 4.18. The molecule has 0 spiro atoms. The molecule has 0 aliphatic rings.